The van der Waals surface area contributed by atoms with E-state index in [2.05, 4.69) is 32.9 Å². The molecule has 3 heterocycles. The Morgan fingerprint density at radius 3 is 3.11 bits per heavy atom. The van der Waals surface area contributed by atoms with E-state index < -0.39 is 0 Å². The number of nitrogens with one attached hydrogen (secondary N) is 1. The number of rotatable bonds is 3. The molecule has 2 aromatic rings. The molecule has 1 N–H and O–H groups in total. The maximum atomic E-state index is 4.54. The molecule has 102 valence electrons. The number of piperidine rings is 1. The molecule has 19 heavy (non-hydrogen) atoms. The summed E-state index contributed by atoms with van der Waals surface area (Å²) in [4.78, 5) is 4.27. The van der Waals surface area contributed by atoms with Crippen molar-refractivity contribution in [2.75, 3.05) is 6.54 Å². The van der Waals surface area contributed by atoms with E-state index in [1.54, 1.807) is 11.3 Å². The Morgan fingerprint density at radius 1 is 1.42 bits per heavy atom. The van der Waals surface area contributed by atoms with Crippen molar-refractivity contribution in [1.82, 2.24) is 20.1 Å². The van der Waals surface area contributed by atoms with Gasteiger partial charge in [0.25, 0.3) is 0 Å². The van der Waals surface area contributed by atoms with E-state index in [1.165, 1.54) is 18.5 Å². The Hall–Kier alpha value is -1.33. The fraction of sp³-hybridized carbons (Fsp3) is 0.385. The summed E-state index contributed by atoms with van der Waals surface area (Å²) in [5.74, 6) is 0. The monoisotopic (exact) mass is 296 g/mol. The maximum absolute atomic E-state index is 4.54. The molecule has 0 atom stereocenters. The van der Waals surface area contributed by atoms with Crippen LogP contribution in [0.15, 0.2) is 28.9 Å². The summed E-state index contributed by atoms with van der Waals surface area (Å²) in [6.07, 6.45) is 7.85. The molecule has 4 nitrogen and oxygen atoms in total. The van der Waals surface area contributed by atoms with E-state index >= 15 is 0 Å². The summed E-state index contributed by atoms with van der Waals surface area (Å²) in [5.41, 5.74) is 5.25. The van der Waals surface area contributed by atoms with E-state index in [0.717, 1.165) is 30.9 Å². The highest BCUT2D eigenvalue weighted by molar-refractivity contribution is 7.07. The Morgan fingerprint density at radius 2 is 2.37 bits per heavy atom. The lowest BCUT2D eigenvalue weighted by Crippen LogP contribution is -2.19. The second-order valence-corrected chi connectivity index (χ2v) is 5.19. The highest BCUT2D eigenvalue weighted by atomic mass is 35.5. The van der Waals surface area contributed by atoms with Crippen molar-refractivity contribution >= 4 is 29.8 Å². The van der Waals surface area contributed by atoms with Crippen molar-refractivity contribution in [3.8, 4) is 0 Å². The molecule has 1 aliphatic heterocycles. The molecular weight excluding hydrogens is 280 g/mol. The van der Waals surface area contributed by atoms with Gasteiger partial charge >= 0.3 is 0 Å². The van der Waals surface area contributed by atoms with E-state index in [1.807, 2.05) is 16.4 Å². The summed E-state index contributed by atoms with van der Waals surface area (Å²) >= 11 is 1.62. The SMILES string of the molecule is C(=C1CCCCN1)c1ccn(Cc2cscn2)n1.Cl. The average molecular weight is 297 g/mol. The van der Waals surface area contributed by atoms with E-state index in [9.17, 15) is 0 Å². The molecule has 2 aromatic heterocycles. The molecule has 0 spiro atoms. The lowest BCUT2D eigenvalue weighted by atomic mass is 10.1. The highest BCUT2D eigenvalue weighted by Crippen LogP contribution is 2.13. The maximum Gasteiger partial charge on any atom is 0.0868 e. The molecule has 1 aliphatic rings. The molecule has 0 saturated carbocycles. The Kier molecular flexibility index (Phi) is 4.99. The van der Waals surface area contributed by atoms with Crippen LogP contribution in [0.2, 0.25) is 0 Å². The zero-order chi connectivity index (χ0) is 12.2. The van der Waals surface area contributed by atoms with Gasteiger partial charge in [0, 0.05) is 23.8 Å². The fourth-order valence-electron chi connectivity index (χ4n) is 2.10. The normalized spacial score (nSPS) is 16.9. The minimum absolute atomic E-state index is 0. The number of hydrogen-bond acceptors (Lipinski definition) is 4. The van der Waals surface area contributed by atoms with Crippen LogP contribution in [0.3, 0.4) is 0 Å². The fourth-order valence-corrected chi connectivity index (χ4v) is 2.65. The van der Waals surface area contributed by atoms with Gasteiger partial charge in [0.2, 0.25) is 0 Å². The second kappa shape index (κ2) is 6.73. The summed E-state index contributed by atoms with van der Waals surface area (Å²) in [6, 6.07) is 2.05. The van der Waals surface area contributed by atoms with Gasteiger partial charge in [0.15, 0.2) is 0 Å². The summed E-state index contributed by atoms with van der Waals surface area (Å²) in [7, 11) is 0. The van der Waals surface area contributed by atoms with Gasteiger partial charge in [0.05, 0.1) is 23.4 Å². The lowest BCUT2D eigenvalue weighted by Gasteiger charge is -2.15. The Bertz CT molecular complexity index is 525. The summed E-state index contributed by atoms with van der Waals surface area (Å²) < 4.78 is 1.93. The number of hydrogen-bond donors (Lipinski definition) is 1. The number of nitrogens with zero attached hydrogens (tertiary/aromatic N) is 3. The van der Waals surface area contributed by atoms with Crippen molar-refractivity contribution in [1.29, 1.82) is 0 Å². The van der Waals surface area contributed by atoms with Crippen molar-refractivity contribution in [3.63, 3.8) is 0 Å². The number of thiazole rings is 1. The van der Waals surface area contributed by atoms with Gasteiger partial charge in [-0.1, -0.05) is 0 Å². The molecule has 0 radical (unpaired) electrons. The van der Waals surface area contributed by atoms with E-state index in [4.69, 9.17) is 0 Å². The van der Waals surface area contributed by atoms with Crippen LogP contribution in [0.5, 0.6) is 0 Å². The Labute approximate surface area is 123 Å². The molecular formula is C13H17ClN4S. The van der Waals surface area contributed by atoms with Gasteiger partial charge in [-0.3, -0.25) is 4.68 Å². The van der Waals surface area contributed by atoms with Crippen molar-refractivity contribution in [3.05, 3.63) is 40.2 Å². The predicted octanol–water partition coefficient (Wildman–Crippen LogP) is 2.92. The number of allylic oxidation sites excluding steroid dienone is 1. The zero-order valence-electron chi connectivity index (χ0n) is 10.6. The Balaban J connectivity index is 0.00000133. The first-order chi connectivity index (χ1) is 8.90. The third-order valence-electron chi connectivity index (χ3n) is 3.02. The van der Waals surface area contributed by atoms with E-state index in [0.29, 0.717) is 0 Å². The van der Waals surface area contributed by atoms with E-state index in [-0.39, 0.29) is 12.4 Å². The molecule has 1 saturated heterocycles. The molecule has 0 aliphatic carbocycles. The summed E-state index contributed by atoms with van der Waals surface area (Å²) in [5, 5.41) is 10.0. The molecule has 0 bridgehead atoms. The third-order valence-corrected chi connectivity index (χ3v) is 3.65. The largest absolute Gasteiger partial charge is 0.388 e. The van der Waals surface area contributed by atoms with Crippen LogP contribution in [0.4, 0.5) is 0 Å². The van der Waals surface area contributed by atoms with Crippen LogP contribution >= 0.6 is 23.7 Å². The second-order valence-electron chi connectivity index (χ2n) is 4.47. The quantitative estimate of drug-likeness (QED) is 0.947. The third kappa shape index (κ3) is 3.81. The van der Waals surface area contributed by atoms with Crippen LogP contribution < -0.4 is 5.32 Å². The minimum Gasteiger partial charge on any atom is -0.388 e. The minimum atomic E-state index is 0. The van der Waals surface area contributed by atoms with Gasteiger partial charge in [-0.25, -0.2) is 4.98 Å². The summed E-state index contributed by atoms with van der Waals surface area (Å²) in [6.45, 7) is 1.84. The number of aromatic nitrogens is 3. The molecule has 0 amide bonds. The first kappa shape index (κ1) is 14.1. The van der Waals surface area contributed by atoms with Crippen LogP contribution in [0.1, 0.15) is 30.7 Å². The first-order valence-electron chi connectivity index (χ1n) is 6.25. The average Bonchev–Trinajstić information content (AvgIpc) is 3.03. The van der Waals surface area contributed by atoms with Gasteiger partial charge in [0.1, 0.15) is 0 Å². The molecule has 3 rings (SSSR count). The molecule has 0 unspecified atom stereocenters. The van der Waals surface area contributed by atoms with Gasteiger partial charge < -0.3 is 5.32 Å². The first-order valence-corrected chi connectivity index (χ1v) is 7.19. The zero-order valence-corrected chi connectivity index (χ0v) is 12.2. The van der Waals surface area contributed by atoms with Crippen LogP contribution in [-0.2, 0) is 6.54 Å². The molecule has 0 aromatic carbocycles. The van der Waals surface area contributed by atoms with Gasteiger partial charge in [-0.2, -0.15) is 5.10 Å². The smallest absolute Gasteiger partial charge is 0.0868 e. The lowest BCUT2D eigenvalue weighted by molar-refractivity contribution is 0.591. The van der Waals surface area contributed by atoms with Crippen LogP contribution in [-0.4, -0.2) is 21.3 Å². The van der Waals surface area contributed by atoms with Crippen LogP contribution in [0, 0.1) is 0 Å². The van der Waals surface area contributed by atoms with Gasteiger partial charge in [-0.15, -0.1) is 23.7 Å². The van der Waals surface area contributed by atoms with Crippen molar-refractivity contribution in [2.24, 2.45) is 0 Å². The van der Waals surface area contributed by atoms with Gasteiger partial charge in [-0.05, 0) is 31.4 Å². The number of halogens is 1. The van der Waals surface area contributed by atoms with Crippen molar-refractivity contribution in [2.45, 2.75) is 25.8 Å². The van der Waals surface area contributed by atoms with Crippen LogP contribution in [0.25, 0.3) is 6.08 Å². The molecule has 6 heteroatoms. The predicted molar refractivity (Wildman–Crippen MR) is 80.5 cm³/mol. The standard InChI is InChI=1S/C13H16N4S.ClH/c1-2-5-14-11(3-1)7-12-4-6-17(16-12)8-13-9-18-10-15-13;/h4,6-7,9-10,14H,1-3,5,8H2;1H. The highest BCUT2D eigenvalue weighted by Gasteiger charge is 2.05. The topological polar surface area (TPSA) is 42.7 Å². The van der Waals surface area contributed by atoms with Crippen molar-refractivity contribution < 1.29 is 0 Å². The molecule has 1 fully saturated rings.